The molecule has 2 aliphatic rings. The third kappa shape index (κ3) is 3.09. The Morgan fingerprint density at radius 2 is 2.04 bits per heavy atom. The minimum atomic E-state index is -1.28. The van der Waals surface area contributed by atoms with Crippen molar-refractivity contribution in [3.8, 4) is 0 Å². The van der Waals surface area contributed by atoms with Crippen LogP contribution in [-0.4, -0.2) is 51.0 Å². The lowest BCUT2D eigenvalue weighted by atomic mass is 9.90. The summed E-state index contributed by atoms with van der Waals surface area (Å²) in [4.78, 5) is 14.5. The highest BCUT2D eigenvalue weighted by Crippen LogP contribution is 2.38. The second-order valence-electron chi connectivity index (χ2n) is 6.71. The van der Waals surface area contributed by atoms with E-state index in [2.05, 4.69) is 0 Å². The number of aliphatic hydroxyl groups excluding tert-OH is 3. The molecule has 0 bridgehead atoms. The number of carbonyl (C=O) groups excluding carboxylic acids is 1. The summed E-state index contributed by atoms with van der Waals surface area (Å²) < 4.78 is 13.6. The molecule has 6 heteroatoms. The number of likely N-dealkylation sites (tertiary alicyclic amines) is 1. The van der Waals surface area contributed by atoms with Crippen molar-refractivity contribution in [3.05, 3.63) is 47.3 Å². The van der Waals surface area contributed by atoms with E-state index in [1.165, 1.54) is 18.2 Å². The van der Waals surface area contributed by atoms with Crippen LogP contribution in [0.1, 0.15) is 31.4 Å². The molecule has 1 amide bonds. The highest BCUT2D eigenvalue weighted by molar-refractivity contribution is 5.94. The van der Waals surface area contributed by atoms with Crippen LogP contribution in [0.15, 0.2) is 35.9 Å². The summed E-state index contributed by atoms with van der Waals surface area (Å²) in [6.45, 7) is 2.55. The molecule has 0 spiro atoms. The van der Waals surface area contributed by atoms with Gasteiger partial charge in [0.15, 0.2) is 0 Å². The molecule has 3 rings (SSSR count). The molecule has 1 aliphatic heterocycles. The van der Waals surface area contributed by atoms with Crippen LogP contribution in [0, 0.1) is 11.7 Å². The Kier molecular flexibility index (Phi) is 4.71. The number of rotatable bonds is 2. The minimum Gasteiger partial charge on any atom is -0.390 e. The Hall–Kier alpha value is -1.76. The molecule has 1 aliphatic carbocycles. The molecule has 1 fully saturated rings. The molecule has 2 unspecified atom stereocenters. The van der Waals surface area contributed by atoms with Gasteiger partial charge in [-0.1, -0.05) is 19.1 Å². The van der Waals surface area contributed by atoms with E-state index in [1.54, 1.807) is 17.0 Å². The third-order valence-electron chi connectivity index (χ3n) is 4.97. The summed E-state index contributed by atoms with van der Waals surface area (Å²) in [5.74, 6) is -0.441. The summed E-state index contributed by atoms with van der Waals surface area (Å²) in [5.41, 5.74) is 1.03. The number of hydrogen-bond donors (Lipinski definition) is 3. The molecule has 130 valence electrons. The summed E-state index contributed by atoms with van der Waals surface area (Å²) in [7, 11) is 0. The Balaban J connectivity index is 1.87. The van der Waals surface area contributed by atoms with E-state index in [1.807, 2.05) is 6.92 Å². The largest absolute Gasteiger partial charge is 0.390 e. The zero-order valence-corrected chi connectivity index (χ0v) is 13.5. The maximum absolute atomic E-state index is 13.6. The zero-order valence-electron chi connectivity index (χ0n) is 13.5. The number of carbonyl (C=O) groups is 1. The van der Waals surface area contributed by atoms with E-state index in [-0.39, 0.29) is 35.7 Å². The monoisotopic (exact) mass is 335 g/mol. The average molecular weight is 335 g/mol. The van der Waals surface area contributed by atoms with Crippen molar-refractivity contribution < 1.29 is 24.5 Å². The van der Waals surface area contributed by atoms with E-state index < -0.39 is 18.3 Å². The van der Waals surface area contributed by atoms with Crippen molar-refractivity contribution in [2.75, 3.05) is 6.54 Å². The average Bonchev–Trinajstić information content (AvgIpc) is 2.93. The molecule has 1 heterocycles. The van der Waals surface area contributed by atoms with E-state index in [4.69, 9.17) is 0 Å². The van der Waals surface area contributed by atoms with Crippen LogP contribution in [0.3, 0.4) is 0 Å². The van der Waals surface area contributed by atoms with Gasteiger partial charge in [0.25, 0.3) is 0 Å². The van der Waals surface area contributed by atoms with Crippen molar-refractivity contribution in [1.29, 1.82) is 0 Å². The third-order valence-corrected chi connectivity index (χ3v) is 4.97. The van der Waals surface area contributed by atoms with Gasteiger partial charge < -0.3 is 20.2 Å². The number of nitrogens with zero attached hydrogens (tertiary/aromatic N) is 1. The molecule has 3 N–H and O–H groups in total. The van der Waals surface area contributed by atoms with Crippen molar-refractivity contribution >= 4 is 5.91 Å². The van der Waals surface area contributed by atoms with E-state index in [0.29, 0.717) is 6.54 Å². The lowest BCUT2D eigenvalue weighted by Crippen LogP contribution is -2.43. The van der Waals surface area contributed by atoms with Crippen molar-refractivity contribution in [2.24, 2.45) is 5.92 Å². The fraction of sp³-hybridized carbons (Fsp3) is 0.500. The van der Waals surface area contributed by atoms with Gasteiger partial charge in [0.1, 0.15) is 18.0 Å². The quantitative estimate of drug-likeness (QED) is 0.757. The molecule has 5 nitrogen and oxygen atoms in total. The van der Waals surface area contributed by atoms with Gasteiger partial charge in [-0.25, -0.2) is 4.39 Å². The van der Waals surface area contributed by atoms with Crippen LogP contribution in [0.2, 0.25) is 0 Å². The minimum absolute atomic E-state index is 0.00217. The van der Waals surface area contributed by atoms with Crippen molar-refractivity contribution in [3.63, 3.8) is 0 Å². The van der Waals surface area contributed by atoms with Gasteiger partial charge in [0, 0.05) is 18.5 Å². The predicted molar refractivity (Wildman–Crippen MR) is 85.4 cm³/mol. The molecule has 24 heavy (non-hydrogen) atoms. The smallest absolute Gasteiger partial charge is 0.250 e. The van der Waals surface area contributed by atoms with Crippen LogP contribution in [0.4, 0.5) is 4.39 Å². The maximum atomic E-state index is 13.6. The lowest BCUT2D eigenvalue weighted by molar-refractivity contribution is -0.130. The fourth-order valence-corrected chi connectivity index (χ4v) is 3.66. The summed E-state index contributed by atoms with van der Waals surface area (Å²) in [6, 6.07) is 6.00. The molecule has 5 atom stereocenters. The van der Waals surface area contributed by atoms with Crippen molar-refractivity contribution in [2.45, 2.75) is 44.1 Å². The second-order valence-corrected chi connectivity index (χ2v) is 6.71. The van der Waals surface area contributed by atoms with Crippen LogP contribution in [-0.2, 0) is 4.79 Å². The molecule has 1 saturated heterocycles. The second kappa shape index (κ2) is 6.63. The number of amides is 1. The normalized spacial score (nSPS) is 33.5. The van der Waals surface area contributed by atoms with Crippen LogP contribution < -0.4 is 0 Å². The predicted octanol–water partition coefficient (Wildman–Crippen LogP) is 1.15. The number of aliphatic hydroxyl groups is 3. The molecule has 1 aromatic rings. The van der Waals surface area contributed by atoms with Crippen LogP contribution >= 0.6 is 0 Å². The van der Waals surface area contributed by atoms with E-state index in [0.717, 1.165) is 12.0 Å². The van der Waals surface area contributed by atoms with Gasteiger partial charge in [0.05, 0.1) is 12.1 Å². The van der Waals surface area contributed by atoms with Crippen LogP contribution in [0.5, 0.6) is 0 Å². The molecular formula is C18H22FNO4. The van der Waals surface area contributed by atoms with Gasteiger partial charge >= 0.3 is 0 Å². The van der Waals surface area contributed by atoms with Gasteiger partial charge in [-0.05, 0) is 36.1 Å². The number of benzene rings is 1. The number of halogens is 1. The lowest BCUT2D eigenvalue weighted by Gasteiger charge is -2.32. The summed E-state index contributed by atoms with van der Waals surface area (Å²) in [6.07, 6.45) is -1.60. The first-order valence-corrected chi connectivity index (χ1v) is 8.20. The Bertz CT molecular complexity index is 662. The first-order valence-electron chi connectivity index (χ1n) is 8.20. The molecule has 0 aromatic heterocycles. The zero-order chi connectivity index (χ0) is 17.4. The number of hydrogen-bond acceptors (Lipinski definition) is 4. The topological polar surface area (TPSA) is 81.0 Å². The van der Waals surface area contributed by atoms with Crippen molar-refractivity contribution in [1.82, 2.24) is 4.90 Å². The molecule has 0 saturated carbocycles. The first kappa shape index (κ1) is 17.1. The van der Waals surface area contributed by atoms with Gasteiger partial charge in [-0.3, -0.25) is 4.79 Å². The molecule has 0 radical (unpaired) electrons. The van der Waals surface area contributed by atoms with Gasteiger partial charge in [0.2, 0.25) is 5.91 Å². The molecular weight excluding hydrogens is 313 g/mol. The highest BCUT2D eigenvalue weighted by Gasteiger charge is 2.39. The summed E-state index contributed by atoms with van der Waals surface area (Å²) >= 11 is 0. The first-order chi connectivity index (χ1) is 11.4. The Morgan fingerprint density at radius 3 is 2.71 bits per heavy atom. The fourth-order valence-electron chi connectivity index (χ4n) is 3.66. The SMILES string of the molecule is CC1CCN(C(=O)C2=C[C@@H](O)[C@@H](O)[C@H](O)C2)C1c1cccc(F)c1. The Morgan fingerprint density at radius 1 is 1.29 bits per heavy atom. The van der Waals surface area contributed by atoms with Gasteiger partial charge in [-0.2, -0.15) is 0 Å². The van der Waals surface area contributed by atoms with Gasteiger partial charge in [-0.15, -0.1) is 0 Å². The maximum Gasteiger partial charge on any atom is 0.250 e. The van der Waals surface area contributed by atoms with E-state index in [9.17, 15) is 24.5 Å². The van der Waals surface area contributed by atoms with E-state index >= 15 is 0 Å². The standard InChI is InChI=1S/C18H22FNO4/c1-10-5-6-20(16(10)11-3-2-4-13(19)7-11)18(24)12-8-14(21)17(23)15(22)9-12/h2-4,7-8,10,14-17,21-23H,5-6,9H2,1H3/t10?,14-,15-,16?,17-/m1/s1. The Labute approximate surface area is 140 Å². The summed E-state index contributed by atoms with van der Waals surface area (Å²) in [5, 5.41) is 29.2. The molecule has 1 aromatic carbocycles. The van der Waals surface area contributed by atoms with Crippen LogP contribution in [0.25, 0.3) is 0 Å². The highest BCUT2D eigenvalue weighted by atomic mass is 19.1.